The van der Waals surface area contributed by atoms with Gasteiger partial charge in [-0.05, 0) is 11.6 Å². The normalized spacial score (nSPS) is 17.9. The van der Waals surface area contributed by atoms with Crippen molar-refractivity contribution in [2.45, 2.75) is 0 Å². The summed E-state index contributed by atoms with van der Waals surface area (Å²) in [6.45, 7) is 0.561. The zero-order chi connectivity index (χ0) is 13.0. The zero-order valence-corrected chi connectivity index (χ0v) is 10.6. The molecular formula is C12H14N2O3S. The molecule has 0 spiro atoms. The van der Waals surface area contributed by atoms with Crippen LogP contribution in [0, 0.1) is 0 Å². The molecule has 1 aromatic carbocycles. The van der Waals surface area contributed by atoms with Crippen LogP contribution in [0.25, 0.3) is 6.08 Å². The highest BCUT2D eigenvalue weighted by Crippen LogP contribution is 2.08. The van der Waals surface area contributed by atoms with E-state index >= 15 is 0 Å². The summed E-state index contributed by atoms with van der Waals surface area (Å²) >= 11 is 0. The van der Waals surface area contributed by atoms with Gasteiger partial charge >= 0.3 is 0 Å². The average molecular weight is 266 g/mol. The van der Waals surface area contributed by atoms with Gasteiger partial charge in [-0.2, -0.15) is 4.31 Å². The van der Waals surface area contributed by atoms with Crippen molar-refractivity contribution in [1.82, 2.24) is 9.62 Å². The average Bonchev–Trinajstić information content (AvgIpc) is 2.38. The molecule has 0 atom stereocenters. The predicted octanol–water partition coefficient (Wildman–Crippen LogP) is 0.419. The molecule has 1 heterocycles. The lowest BCUT2D eigenvalue weighted by atomic mass is 10.2. The molecule has 6 heteroatoms. The number of rotatable bonds is 3. The number of hydrogen-bond donors (Lipinski definition) is 1. The van der Waals surface area contributed by atoms with Crippen LogP contribution >= 0.6 is 0 Å². The van der Waals surface area contributed by atoms with Gasteiger partial charge in [-0.15, -0.1) is 0 Å². The Morgan fingerprint density at radius 2 is 1.94 bits per heavy atom. The molecular weight excluding hydrogens is 252 g/mol. The zero-order valence-electron chi connectivity index (χ0n) is 9.74. The van der Waals surface area contributed by atoms with Crippen molar-refractivity contribution >= 4 is 22.0 Å². The lowest BCUT2D eigenvalue weighted by Gasteiger charge is -2.24. The van der Waals surface area contributed by atoms with E-state index in [9.17, 15) is 13.2 Å². The van der Waals surface area contributed by atoms with Gasteiger partial charge in [-0.1, -0.05) is 30.3 Å². The van der Waals surface area contributed by atoms with Gasteiger partial charge in [0.05, 0.1) is 6.54 Å². The summed E-state index contributed by atoms with van der Waals surface area (Å²) in [5.41, 5.74) is 0.808. The minimum absolute atomic E-state index is 0.110. The van der Waals surface area contributed by atoms with Gasteiger partial charge in [0.2, 0.25) is 15.9 Å². The largest absolute Gasteiger partial charge is 0.354 e. The minimum atomic E-state index is -3.52. The molecule has 2 rings (SSSR count). The molecule has 1 aliphatic rings. The van der Waals surface area contributed by atoms with Crippen molar-refractivity contribution < 1.29 is 13.2 Å². The van der Waals surface area contributed by atoms with Gasteiger partial charge in [-0.3, -0.25) is 4.79 Å². The van der Waals surface area contributed by atoms with E-state index in [1.54, 1.807) is 0 Å². The molecule has 0 radical (unpaired) electrons. The van der Waals surface area contributed by atoms with Crippen LogP contribution in [0.4, 0.5) is 0 Å². The molecule has 1 amide bonds. The number of carbonyl (C=O) groups excluding carboxylic acids is 1. The van der Waals surface area contributed by atoms with E-state index in [2.05, 4.69) is 5.32 Å². The SMILES string of the molecule is O=C1CN(S(=O)(=O)/C=C\c2ccccc2)CCN1. The van der Waals surface area contributed by atoms with Crippen LogP contribution in [0.1, 0.15) is 5.56 Å². The summed E-state index contributed by atoms with van der Waals surface area (Å²) in [5, 5.41) is 3.73. The molecule has 96 valence electrons. The highest BCUT2D eigenvalue weighted by molar-refractivity contribution is 7.92. The fraction of sp³-hybridized carbons (Fsp3) is 0.250. The summed E-state index contributed by atoms with van der Waals surface area (Å²) in [6.07, 6.45) is 1.53. The first-order valence-corrected chi connectivity index (χ1v) is 7.08. The monoisotopic (exact) mass is 266 g/mol. The van der Waals surface area contributed by atoms with Gasteiger partial charge in [0, 0.05) is 18.5 Å². The maximum atomic E-state index is 12.0. The van der Waals surface area contributed by atoms with E-state index < -0.39 is 10.0 Å². The van der Waals surface area contributed by atoms with E-state index in [-0.39, 0.29) is 12.5 Å². The third-order valence-electron chi connectivity index (χ3n) is 2.60. The van der Waals surface area contributed by atoms with E-state index in [4.69, 9.17) is 0 Å². The molecule has 1 saturated heterocycles. The van der Waals surface area contributed by atoms with Crippen LogP contribution in [0.15, 0.2) is 35.7 Å². The van der Waals surface area contributed by atoms with Crippen LogP contribution < -0.4 is 5.32 Å². The molecule has 0 unspecified atom stereocenters. The summed E-state index contributed by atoms with van der Waals surface area (Å²) in [7, 11) is -3.52. The number of benzene rings is 1. The van der Waals surface area contributed by atoms with Gasteiger partial charge in [0.15, 0.2) is 0 Å². The first-order chi connectivity index (χ1) is 8.58. The number of nitrogens with one attached hydrogen (secondary N) is 1. The smallest absolute Gasteiger partial charge is 0.236 e. The molecule has 18 heavy (non-hydrogen) atoms. The molecule has 0 aliphatic carbocycles. The number of carbonyl (C=O) groups is 1. The number of sulfonamides is 1. The van der Waals surface area contributed by atoms with Crippen LogP contribution in [0.5, 0.6) is 0 Å². The Morgan fingerprint density at radius 3 is 2.61 bits per heavy atom. The second-order valence-electron chi connectivity index (χ2n) is 3.94. The second-order valence-corrected chi connectivity index (χ2v) is 5.76. The maximum Gasteiger partial charge on any atom is 0.236 e. The molecule has 0 aromatic heterocycles. The Hall–Kier alpha value is -1.66. The first kappa shape index (κ1) is 12.8. The highest BCUT2D eigenvalue weighted by Gasteiger charge is 2.25. The Morgan fingerprint density at radius 1 is 1.22 bits per heavy atom. The van der Waals surface area contributed by atoms with Crippen LogP contribution in [0.2, 0.25) is 0 Å². The lowest BCUT2D eigenvalue weighted by molar-refractivity contribution is -0.122. The lowest BCUT2D eigenvalue weighted by Crippen LogP contribution is -2.49. The summed E-state index contributed by atoms with van der Waals surface area (Å²) in [6, 6.07) is 9.16. The van der Waals surface area contributed by atoms with Crippen molar-refractivity contribution in [2.24, 2.45) is 0 Å². The number of nitrogens with zero attached hydrogens (tertiary/aromatic N) is 1. The van der Waals surface area contributed by atoms with E-state index in [0.717, 1.165) is 11.0 Å². The van der Waals surface area contributed by atoms with Crippen molar-refractivity contribution in [3.8, 4) is 0 Å². The molecule has 0 saturated carbocycles. The summed E-state index contributed by atoms with van der Waals surface area (Å²) < 4.78 is 25.1. The van der Waals surface area contributed by atoms with Gasteiger partial charge in [0.1, 0.15) is 0 Å². The molecule has 5 nitrogen and oxygen atoms in total. The summed E-state index contributed by atoms with van der Waals surface area (Å²) in [4.78, 5) is 11.2. The molecule has 1 aliphatic heterocycles. The molecule has 1 N–H and O–H groups in total. The Kier molecular flexibility index (Phi) is 3.78. The minimum Gasteiger partial charge on any atom is -0.354 e. The van der Waals surface area contributed by atoms with Crippen LogP contribution in [0.3, 0.4) is 0 Å². The van der Waals surface area contributed by atoms with Crippen molar-refractivity contribution in [1.29, 1.82) is 0 Å². The fourth-order valence-electron chi connectivity index (χ4n) is 1.65. The third-order valence-corrected chi connectivity index (χ3v) is 4.11. The standard InChI is InChI=1S/C12H14N2O3S/c15-12-10-14(8-7-13-12)18(16,17)9-6-11-4-2-1-3-5-11/h1-6,9H,7-8,10H2,(H,13,15)/b9-6-. The third kappa shape index (κ3) is 3.18. The van der Waals surface area contributed by atoms with E-state index in [0.29, 0.717) is 13.1 Å². The number of piperazine rings is 1. The maximum absolute atomic E-state index is 12.0. The molecule has 1 aromatic rings. The molecule has 1 fully saturated rings. The fourth-order valence-corrected chi connectivity index (χ4v) is 2.79. The van der Waals surface area contributed by atoms with E-state index in [1.807, 2.05) is 30.3 Å². The second kappa shape index (κ2) is 5.32. The van der Waals surface area contributed by atoms with Gasteiger partial charge < -0.3 is 5.32 Å². The van der Waals surface area contributed by atoms with Crippen LogP contribution in [-0.4, -0.2) is 38.3 Å². The predicted molar refractivity (Wildman–Crippen MR) is 69.0 cm³/mol. The van der Waals surface area contributed by atoms with Crippen LogP contribution in [-0.2, 0) is 14.8 Å². The highest BCUT2D eigenvalue weighted by atomic mass is 32.2. The van der Waals surface area contributed by atoms with E-state index in [1.165, 1.54) is 10.4 Å². The Bertz CT molecular complexity index is 552. The summed E-state index contributed by atoms with van der Waals surface area (Å²) in [5.74, 6) is -0.266. The number of amides is 1. The Balaban J connectivity index is 2.12. The van der Waals surface area contributed by atoms with Crippen molar-refractivity contribution in [2.75, 3.05) is 19.6 Å². The number of hydrogen-bond acceptors (Lipinski definition) is 3. The molecule has 0 bridgehead atoms. The Labute approximate surface area is 106 Å². The van der Waals surface area contributed by atoms with Crippen molar-refractivity contribution in [3.63, 3.8) is 0 Å². The topological polar surface area (TPSA) is 66.5 Å². The van der Waals surface area contributed by atoms with Gasteiger partial charge in [0.25, 0.3) is 0 Å². The van der Waals surface area contributed by atoms with Crippen molar-refractivity contribution in [3.05, 3.63) is 41.3 Å². The van der Waals surface area contributed by atoms with Gasteiger partial charge in [-0.25, -0.2) is 8.42 Å². The first-order valence-electron chi connectivity index (χ1n) is 5.58. The quantitative estimate of drug-likeness (QED) is 0.862.